The minimum atomic E-state index is -0.102. The van der Waals surface area contributed by atoms with Crippen molar-refractivity contribution in [3.05, 3.63) is 108 Å². The highest BCUT2D eigenvalue weighted by molar-refractivity contribution is 5.40. The van der Waals surface area contributed by atoms with Gasteiger partial charge in [-0.1, -0.05) is 91.0 Å². The molecule has 1 saturated carbocycles. The zero-order chi connectivity index (χ0) is 21.1. The van der Waals surface area contributed by atoms with Crippen LogP contribution in [0.1, 0.15) is 36.0 Å². The summed E-state index contributed by atoms with van der Waals surface area (Å²) in [7, 11) is 0. The molecule has 2 heteroatoms. The van der Waals surface area contributed by atoms with E-state index in [1.807, 2.05) is 0 Å². The van der Waals surface area contributed by atoms with Gasteiger partial charge in [-0.3, -0.25) is 4.90 Å². The Bertz CT molecular complexity index is 900. The van der Waals surface area contributed by atoms with Crippen LogP contribution in [-0.4, -0.2) is 24.5 Å². The second-order valence-electron chi connectivity index (χ2n) is 9.66. The molecule has 2 aliphatic rings. The van der Waals surface area contributed by atoms with Crippen molar-refractivity contribution < 1.29 is 0 Å². The Morgan fingerprint density at radius 2 is 1.19 bits per heavy atom. The van der Waals surface area contributed by atoms with E-state index in [1.54, 1.807) is 0 Å². The number of piperidine rings is 1. The van der Waals surface area contributed by atoms with Crippen LogP contribution in [0.15, 0.2) is 91.0 Å². The Morgan fingerprint density at radius 1 is 0.710 bits per heavy atom. The van der Waals surface area contributed by atoms with Crippen LogP contribution in [0.25, 0.3) is 0 Å². The fourth-order valence-corrected chi connectivity index (χ4v) is 6.37. The molecule has 2 N–H and O–H groups in total. The SMILES string of the molecule is NCC(CC1C2CCC1CN(Cc1ccccc1)C2)(c1ccccc1)c1ccccc1. The number of nitrogens with zero attached hydrogens (tertiary/aromatic N) is 1. The van der Waals surface area contributed by atoms with Crippen molar-refractivity contribution in [1.82, 2.24) is 4.90 Å². The molecular formula is C29H34N2. The summed E-state index contributed by atoms with van der Waals surface area (Å²) in [5, 5.41) is 0. The molecule has 31 heavy (non-hydrogen) atoms. The predicted octanol–water partition coefficient (Wildman–Crippen LogP) is 5.48. The van der Waals surface area contributed by atoms with E-state index in [9.17, 15) is 0 Å². The Hall–Kier alpha value is -2.42. The highest BCUT2D eigenvalue weighted by atomic mass is 15.1. The normalized spacial score (nSPS) is 23.7. The number of benzene rings is 3. The Morgan fingerprint density at radius 3 is 1.68 bits per heavy atom. The predicted molar refractivity (Wildman–Crippen MR) is 129 cm³/mol. The fourth-order valence-electron chi connectivity index (χ4n) is 6.37. The fraction of sp³-hybridized carbons (Fsp3) is 0.379. The van der Waals surface area contributed by atoms with Crippen molar-refractivity contribution in [2.24, 2.45) is 23.5 Å². The summed E-state index contributed by atoms with van der Waals surface area (Å²) in [4.78, 5) is 2.70. The first-order chi connectivity index (χ1) is 15.3. The van der Waals surface area contributed by atoms with Crippen molar-refractivity contribution in [3.8, 4) is 0 Å². The zero-order valence-corrected chi connectivity index (χ0v) is 18.4. The van der Waals surface area contributed by atoms with E-state index in [1.165, 1.54) is 42.6 Å². The van der Waals surface area contributed by atoms with Gasteiger partial charge in [0.2, 0.25) is 0 Å². The lowest BCUT2D eigenvalue weighted by atomic mass is 9.65. The Labute approximate surface area is 187 Å². The Balaban J connectivity index is 1.41. The second-order valence-corrected chi connectivity index (χ2v) is 9.66. The summed E-state index contributed by atoms with van der Waals surface area (Å²) < 4.78 is 0. The topological polar surface area (TPSA) is 29.3 Å². The van der Waals surface area contributed by atoms with Crippen molar-refractivity contribution in [3.63, 3.8) is 0 Å². The first-order valence-electron chi connectivity index (χ1n) is 11.9. The van der Waals surface area contributed by atoms with Crippen molar-refractivity contribution in [2.75, 3.05) is 19.6 Å². The molecule has 2 nitrogen and oxygen atoms in total. The van der Waals surface area contributed by atoms with E-state index in [2.05, 4.69) is 95.9 Å². The molecule has 3 aromatic rings. The number of fused-ring (bicyclic) bond motifs is 2. The highest BCUT2D eigenvalue weighted by Gasteiger charge is 2.46. The molecule has 1 heterocycles. The van der Waals surface area contributed by atoms with Gasteiger partial charge in [0.25, 0.3) is 0 Å². The van der Waals surface area contributed by atoms with Crippen LogP contribution in [0.3, 0.4) is 0 Å². The minimum absolute atomic E-state index is 0.102. The number of likely N-dealkylation sites (tertiary alicyclic amines) is 1. The van der Waals surface area contributed by atoms with E-state index in [0.717, 1.165) is 30.7 Å². The monoisotopic (exact) mass is 410 g/mol. The lowest BCUT2D eigenvalue weighted by Gasteiger charge is -2.44. The summed E-state index contributed by atoms with van der Waals surface area (Å²) in [5.41, 5.74) is 10.7. The molecule has 0 aromatic heterocycles. The summed E-state index contributed by atoms with van der Waals surface area (Å²) in [5.74, 6) is 2.30. The summed E-state index contributed by atoms with van der Waals surface area (Å²) in [6.07, 6.45) is 3.89. The van der Waals surface area contributed by atoms with Crippen molar-refractivity contribution in [1.29, 1.82) is 0 Å². The number of hydrogen-bond acceptors (Lipinski definition) is 2. The van der Waals surface area contributed by atoms with E-state index >= 15 is 0 Å². The number of rotatable bonds is 7. The van der Waals surface area contributed by atoms with Gasteiger partial charge in [-0.25, -0.2) is 0 Å². The van der Waals surface area contributed by atoms with Crippen LogP contribution in [0.5, 0.6) is 0 Å². The van der Waals surface area contributed by atoms with Gasteiger partial charge in [0.15, 0.2) is 0 Å². The van der Waals surface area contributed by atoms with Gasteiger partial charge >= 0.3 is 0 Å². The molecule has 2 fully saturated rings. The van der Waals surface area contributed by atoms with Gasteiger partial charge in [0, 0.05) is 31.6 Å². The van der Waals surface area contributed by atoms with Gasteiger partial charge in [-0.2, -0.15) is 0 Å². The molecular weight excluding hydrogens is 376 g/mol. The molecule has 0 radical (unpaired) electrons. The van der Waals surface area contributed by atoms with Gasteiger partial charge in [-0.15, -0.1) is 0 Å². The van der Waals surface area contributed by atoms with Gasteiger partial charge in [0.1, 0.15) is 0 Å². The highest BCUT2D eigenvalue weighted by Crippen LogP contribution is 2.49. The smallest absolute Gasteiger partial charge is 0.0327 e. The standard InChI is InChI=1S/C29H34N2/c30-22-29(26-12-6-2-7-13-26,27-14-8-3-9-15-27)18-28-24-16-17-25(28)21-31(20-24)19-23-10-4-1-5-11-23/h1-15,24-25,28H,16-22,30H2. The van der Waals surface area contributed by atoms with Gasteiger partial charge in [0.05, 0.1) is 0 Å². The molecule has 2 unspecified atom stereocenters. The third-order valence-corrected chi connectivity index (χ3v) is 7.94. The molecule has 1 saturated heterocycles. The lowest BCUT2D eigenvalue weighted by molar-refractivity contribution is 0.0867. The quantitative estimate of drug-likeness (QED) is 0.559. The third kappa shape index (κ3) is 4.07. The van der Waals surface area contributed by atoms with Gasteiger partial charge < -0.3 is 5.73 Å². The van der Waals surface area contributed by atoms with Crippen LogP contribution in [0, 0.1) is 17.8 Å². The van der Waals surface area contributed by atoms with Crippen LogP contribution in [0.4, 0.5) is 0 Å². The summed E-state index contributed by atoms with van der Waals surface area (Å²) in [6.45, 7) is 4.19. The average molecular weight is 411 g/mol. The average Bonchev–Trinajstić information content (AvgIpc) is 3.06. The number of hydrogen-bond donors (Lipinski definition) is 1. The third-order valence-electron chi connectivity index (χ3n) is 7.94. The van der Waals surface area contributed by atoms with E-state index in [-0.39, 0.29) is 5.41 Å². The molecule has 1 aliphatic carbocycles. The van der Waals surface area contributed by atoms with E-state index < -0.39 is 0 Å². The molecule has 1 aliphatic heterocycles. The Kier molecular flexibility index (Phi) is 5.93. The van der Waals surface area contributed by atoms with Crippen molar-refractivity contribution in [2.45, 2.75) is 31.2 Å². The minimum Gasteiger partial charge on any atom is -0.329 e. The lowest BCUT2D eigenvalue weighted by Crippen LogP contribution is -2.46. The van der Waals surface area contributed by atoms with E-state index in [0.29, 0.717) is 6.54 Å². The molecule has 0 amide bonds. The number of nitrogens with two attached hydrogens (primary N) is 1. The molecule has 2 atom stereocenters. The van der Waals surface area contributed by atoms with Crippen molar-refractivity contribution >= 4 is 0 Å². The van der Waals surface area contributed by atoms with E-state index in [4.69, 9.17) is 5.73 Å². The zero-order valence-electron chi connectivity index (χ0n) is 18.4. The maximum absolute atomic E-state index is 6.62. The van der Waals surface area contributed by atoms with Crippen LogP contribution >= 0.6 is 0 Å². The first kappa shape index (κ1) is 20.5. The van der Waals surface area contributed by atoms with Crippen LogP contribution in [0.2, 0.25) is 0 Å². The van der Waals surface area contributed by atoms with Crippen LogP contribution < -0.4 is 5.73 Å². The largest absolute Gasteiger partial charge is 0.329 e. The van der Waals surface area contributed by atoms with Crippen LogP contribution in [-0.2, 0) is 12.0 Å². The summed E-state index contributed by atoms with van der Waals surface area (Å²) in [6, 6.07) is 33.0. The molecule has 160 valence electrons. The molecule has 5 rings (SSSR count). The first-order valence-corrected chi connectivity index (χ1v) is 11.9. The second kappa shape index (κ2) is 8.98. The maximum Gasteiger partial charge on any atom is 0.0327 e. The summed E-state index contributed by atoms with van der Waals surface area (Å²) >= 11 is 0. The van der Waals surface area contributed by atoms with Gasteiger partial charge in [-0.05, 0) is 53.7 Å². The molecule has 3 aromatic carbocycles. The molecule has 0 spiro atoms. The molecule has 2 bridgehead atoms. The maximum atomic E-state index is 6.62.